The highest BCUT2D eigenvalue weighted by Gasteiger charge is 2.27. The number of hydrogen-bond donors (Lipinski definition) is 2. The molecule has 4 N–H and O–H groups in total. The Balaban J connectivity index is 2.19. The van der Waals surface area contributed by atoms with Crippen LogP contribution in [0.5, 0.6) is 0 Å². The first-order valence-electron chi connectivity index (χ1n) is 6.18. The Morgan fingerprint density at radius 2 is 2.20 bits per heavy atom. The van der Waals surface area contributed by atoms with Crippen molar-refractivity contribution in [1.29, 1.82) is 0 Å². The summed E-state index contributed by atoms with van der Waals surface area (Å²) in [5.41, 5.74) is 12.0. The second-order valence-corrected chi connectivity index (χ2v) is 5.12. The van der Waals surface area contributed by atoms with Gasteiger partial charge in [-0.3, -0.25) is 9.69 Å². The highest BCUT2D eigenvalue weighted by Crippen LogP contribution is 2.15. The van der Waals surface area contributed by atoms with Crippen LogP contribution in [0.1, 0.15) is 11.1 Å². The smallest absolute Gasteiger partial charge is 0.237 e. The third-order valence-electron chi connectivity index (χ3n) is 3.20. The molecule has 1 aromatic rings. The van der Waals surface area contributed by atoms with Gasteiger partial charge >= 0.3 is 0 Å². The van der Waals surface area contributed by atoms with Crippen molar-refractivity contribution in [3.05, 3.63) is 35.1 Å². The summed E-state index contributed by atoms with van der Waals surface area (Å²) in [4.78, 5) is 13.4. The molecule has 1 amide bonds. The largest absolute Gasteiger partial charge is 0.389 e. The molecule has 0 aliphatic carbocycles. The van der Waals surface area contributed by atoms with Crippen LogP contribution in [-0.4, -0.2) is 41.6 Å². The quantitative estimate of drug-likeness (QED) is 0.773. The van der Waals surface area contributed by atoms with Crippen LogP contribution >= 0.6 is 12.2 Å². The maximum atomic E-state index is 13.5. The van der Waals surface area contributed by atoms with E-state index in [1.165, 1.54) is 12.1 Å². The summed E-state index contributed by atoms with van der Waals surface area (Å²) in [5.74, 6) is -0.857. The zero-order valence-electron chi connectivity index (χ0n) is 10.8. The van der Waals surface area contributed by atoms with Gasteiger partial charge in [0.2, 0.25) is 5.91 Å². The third-order valence-corrected chi connectivity index (χ3v) is 3.43. The monoisotopic (exact) mass is 297 g/mol. The van der Waals surface area contributed by atoms with Crippen LogP contribution in [0.25, 0.3) is 0 Å². The van der Waals surface area contributed by atoms with Crippen molar-refractivity contribution < 1.29 is 13.9 Å². The lowest BCUT2D eigenvalue weighted by Gasteiger charge is -2.33. The molecule has 7 heteroatoms. The molecule has 108 valence electrons. The number of nitrogens with two attached hydrogens (primary N) is 2. The molecule has 1 saturated heterocycles. The van der Waals surface area contributed by atoms with E-state index in [0.717, 1.165) is 0 Å². The molecule has 1 aliphatic heterocycles. The predicted octanol–water partition coefficient (Wildman–Crippen LogP) is 0.146. The minimum atomic E-state index is -0.500. The molecule has 0 aromatic heterocycles. The lowest BCUT2D eigenvalue weighted by molar-refractivity contribution is -0.129. The van der Waals surface area contributed by atoms with Crippen LogP contribution in [0.2, 0.25) is 0 Å². The minimum absolute atomic E-state index is 0.138. The van der Waals surface area contributed by atoms with Crippen molar-refractivity contribution >= 4 is 23.1 Å². The maximum absolute atomic E-state index is 13.5. The lowest BCUT2D eigenvalue weighted by Crippen LogP contribution is -2.51. The Bertz CT molecular complexity index is 538. The fraction of sp³-hybridized carbons (Fsp3) is 0.385. The number of nitrogens with zero attached hydrogens (tertiary/aromatic N) is 1. The van der Waals surface area contributed by atoms with Gasteiger partial charge < -0.3 is 16.2 Å². The number of amides is 1. The number of halogens is 1. The second-order valence-electron chi connectivity index (χ2n) is 4.68. The fourth-order valence-electron chi connectivity index (χ4n) is 2.21. The molecule has 0 radical (unpaired) electrons. The molecule has 2 rings (SSSR count). The first kappa shape index (κ1) is 14.8. The lowest BCUT2D eigenvalue weighted by atomic mass is 10.1. The molecule has 1 atom stereocenters. The van der Waals surface area contributed by atoms with E-state index in [1.54, 1.807) is 6.07 Å². The second kappa shape index (κ2) is 6.25. The molecule has 0 saturated carbocycles. The van der Waals surface area contributed by atoms with E-state index in [-0.39, 0.29) is 11.6 Å². The molecule has 1 fully saturated rings. The molecule has 1 unspecified atom stereocenters. The van der Waals surface area contributed by atoms with E-state index in [9.17, 15) is 9.18 Å². The zero-order chi connectivity index (χ0) is 14.7. The van der Waals surface area contributed by atoms with Crippen LogP contribution in [-0.2, 0) is 16.1 Å². The molecule has 1 aliphatic rings. The Labute approximate surface area is 121 Å². The van der Waals surface area contributed by atoms with Crippen molar-refractivity contribution in [2.45, 2.75) is 12.6 Å². The van der Waals surface area contributed by atoms with Crippen LogP contribution in [0.3, 0.4) is 0 Å². The standard InChI is InChI=1S/C13H16FN3O2S/c14-10-4-8(3-9(5-10)13(16)20)6-17-1-2-19-7-11(17)12(15)18/h3-5,11H,1-2,6-7H2,(H2,15,18)(H2,16,20). The number of thiocarbonyl (C=S) groups is 1. The molecule has 20 heavy (non-hydrogen) atoms. The van der Waals surface area contributed by atoms with Gasteiger partial charge in [-0.15, -0.1) is 0 Å². The summed E-state index contributed by atoms with van der Waals surface area (Å²) in [7, 11) is 0. The molecule has 5 nitrogen and oxygen atoms in total. The normalized spacial score (nSPS) is 19.8. The number of rotatable bonds is 4. The van der Waals surface area contributed by atoms with Crippen molar-refractivity contribution in [3.8, 4) is 0 Å². The Morgan fingerprint density at radius 3 is 2.85 bits per heavy atom. The van der Waals surface area contributed by atoms with Crippen molar-refractivity contribution in [3.63, 3.8) is 0 Å². The molecular formula is C13H16FN3O2S. The number of carbonyl (C=O) groups is 1. The van der Waals surface area contributed by atoms with Gasteiger partial charge in [-0.1, -0.05) is 12.2 Å². The van der Waals surface area contributed by atoms with Crippen molar-refractivity contribution in [2.75, 3.05) is 19.8 Å². The zero-order valence-corrected chi connectivity index (χ0v) is 11.7. The van der Waals surface area contributed by atoms with Gasteiger partial charge in [0.1, 0.15) is 16.8 Å². The van der Waals surface area contributed by atoms with Crippen LogP contribution < -0.4 is 11.5 Å². The van der Waals surface area contributed by atoms with E-state index in [2.05, 4.69) is 0 Å². The van der Waals surface area contributed by atoms with E-state index < -0.39 is 17.8 Å². The number of hydrogen-bond acceptors (Lipinski definition) is 4. The summed E-state index contributed by atoms with van der Waals surface area (Å²) in [5, 5.41) is 0. The average Bonchev–Trinajstić information content (AvgIpc) is 2.38. The van der Waals surface area contributed by atoms with E-state index in [4.69, 9.17) is 28.4 Å². The van der Waals surface area contributed by atoms with E-state index >= 15 is 0 Å². The minimum Gasteiger partial charge on any atom is -0.389 e. The Morgan fingerprint density at radius 1 is 1.45 bits per heavy atom. The van der Waals surface area contributed by atoms with E-state index in [0.29, 0.717) is 30.8 Å². The average molecular weight is 297 g/mol. The third kappa shape index (κ3) is 3.50. The Hall–Kier alpha value is -1.57. The number of primary amides is 1. The molecule has 0 bridgehead atoms. The molecule has 1 heterocycles. The fourth-order valence-corrected chi connectivity index (χ4v) is 2.33. The summed E-state index contributed by atoms with van der Waals surface area (Å²) in [6.07, 6.45) is 0. The van der Waals surface area contributed by atoms with Gasteiger partial charge in [0.25, 0.3) is 0 Å². The number of ether oxygens (including phenoxy) is 1. The van der Waals surface area contributed by atoms with Crippen LogP contribution in [0.4, 0.5) is 4.39 Å². The summed E-state index contributed by atoms with van der Waals surface area (Å²) in [6, 6.07) is 3.91. The SMILES string of the molecule is NC(=O)C1COCCN1Cc1cc(F)cc(C(N)=S)c1. The Kier molecular flexibility index (Phi) is 4.64. The molecular weight excluding hydrogens is 281 g/mol. The summed E-state index contributed by atoms with van der Waals surface area (Å²) >= 11 is 4.85. The van der Waals surface area contributed by atoms with Gasteiger partial charge in [0.05, 0.1) is 13.2 Å². The first-order valence-corrected chi connectivity index (χ1v) is 6.58. The maximum Gasteiger partial charge on any atom is 0.237 e. The van der Waals surface area contributed by atoms with Crippen molar-refractivity contribution in [1.82, 2.24) is 4.90 Å². The predicted molar refractivity (Wildman–Crippen MR) is 76.5 cm³/mol. The van der Waals surface area contributed by atoms with Crippen molar-refractivity contribution in [2.24, 2.45) is 11.5 Å². The number of morpholine rings is 1. The number of benzene rings is 1. The summed E-state index contributed by atoms with van der Waals surface area (Å²) < 4.78 is 18.8. The van der Waals surface area contributed by atoms with Crippen LogP contribution in [0.15, 0.2) is 18.2 Å². The topological polar surface area (TPSA) is 81.6 Å². The van der Waals surface area contributed by atoms with Gasteiger partial charge in [0.15, 0.2) is 0 Å². The van der Waals surface area contributed by atoms with Gasteiger partial charge in [-0.05, 0) is 23.8 Å². The number of carbonyl (C=O) groups excluding carboxylic acids is 1. The van der Waals surface area contributed by atoms with Gasteiger partial charge in [-0.25, -0.2) is 4.39 Å². The highest BCUT2D eigenvalue weighted by molar-refractivity contribution is 7.80. The summed E-state index contributed by atoms with van der Waals surface area (Å²) in [6.45, 7) is 1.73. The highest BCUT2D eigenvalue weighted by atomic mass is 32.1. The van der Waals surface area contributed by atoms with E-state index in [1.807, 2.05) is 4.90 Å². The first-order chi connectivity index (χ1) is 9.47. The molecule has 1 aromatic carbocycles. The van der Waals surface area contributed by atoms with Crippen LogP contribution in [0, 0.1) is 5.82 Å². The van der Waals surface area contributed by atoms with Gasteiger partial charge in [0, 0.05) is 18.7 Å². The molecule has 0 spiro atoms. The van der Waals surface area contributed by atoms with Gasteiger partial charge in [-0.2, -0.15) is 0 Å².